The third kappa shape index (κ3) is 1.42. The lowest BCUT2D eigenvalue weighted by Crippen LogP contribution is -2.03. The molecular formula is C8H7O2. The molecule has 1 rings (SSSR count). The zero-order valence-electron chi connectivity index (χ0n) is 5.37. The maximum atomic E-state index is 10.7. The number of aliphatic hydroxyl groups excluding tert-OH is 1. The van der Waals surface area contributed by atoms with E-state index in [1.807, 2.05) is 0 Å². The van der Waals surface area contributed by atoms with Crippen molar-refractivity contribution in [2.24, 2.45) is 0 Å². The molecule has 0 unspecified atom stereocenters. The maximum absolute atomic E-state index is 10.7. The Hall–Kier alpha value is -1.15. The van der Waals surface area contributed by atoms with Gasteiger partial charge in [-0.2, -0.15) is 0 Å². The summed E-state index contributed by atoms with van der Waals surface area (Å²) in [6.45, 7) is -0.444. The monoisotopic (exact) mass is 135 g/mol. The molecular weight excluding hydrogens is 128 g/mol. The van der Waals surface area contributed by atoms with E-state index in [-0.39, 0.29) is 5.78 Å². The Bertz CT molecular complexity index is 216. The van der Waals surface area contributed by atoms with Gasteiger partial charge in [-0.15, -0.1) is 0 Å². The SMILES string of the molecule is O=C(CO)c1[c]cccc1. The van der Waals surface area contributed by atoms with E-state index in [1.165, 1.54) is 0 Å². The van der Waals surface area contributed by atoms with Crippen molar-refractivity contribution in [2.45, 2.75) is 0 Å². The topological polar surface area (TPSA) is 37.3 Å². The normalized spacial score (nSPS) is 9.30. The quantitative estimate of drug-likeness (QED) is 0.605. The lowest BCUT2D eigenvalue weighted by molar-refractivity contribution is 0.0903. The third-order valence-corrected chi connectivity index (χ3v) is 1.15. The Kier molecular flexibility index (Phi) is 2.18. The fourth-order valence-corrected chi connectivity index (χ4v) is 0.652. The number of carbonyl (C=O) groups excluding carboxylic acids is 1. The molecule has 0 fully saturated rings. The van der Waals surface area contributed by atoms with Crippen LogP contribution < -0.4 is 0 Å². The van der Waals surface area contributed by atoms with Crippen LogP contribution in [0.4, 0.5) is 0 Å². The minimum Gasteiger partial charge on any atom is -0.388 e. The predicted octanol–water partition coefficient (Wildman–Crippen LogP) is 0.662. The number of aliphatic hydroxyl groups is 1. The molecule has 0 aliphatic heterocycles. The van der Waals surface area contributed by atoms with E-state index in [2.05, 4.69) is 6.07 Å². The lowest BCUT2D eigenvalue weighted by Gasteiger charge is -1.92. The summed E-state index contributed by atoms with van der Waals surface area (Å²) < 4.78 is 0. The van der Waals surface area contributed by atoms with Crippen molar-refractivity contribution >= 4 is 5.78 Å². The van der Waals surface area contributed by atoms with Gasteiger partial charge in [-0.3, -0.25) is 4.79 Å². The Balaban J connectivity index is 2.85. The minimum absolute atomic E-state index is 0.291. The van der Waals surface area contributed by atoms with Crippen molar-refractivity contribution < 1.29 is 9.90 Å². The first-order chi connectivity index (χ1) is 4.84. The summed E-state index contributed by atoms with van der Waals surface area (Å²) in [5, 5.41) is 8.42. The van der Waals surface area contributed by atoms with Crippen molar-refractivity contribution in [1.82, 2.24) is 0 Å². The van der Waals surface area contributed by atoms with Crippen LogP contribution in [-0.2, 0) is 0 Å². The number of ketones is 1. The molecule has 0 amide bonds. The largest absolute Gasteiger partial charge is 0.388 e. The zero-order chi connectivity index (χ0) is 7.40. The average molecular weight is 135 g/mol. The van der Waals surface area contributed by atoms with Crippen LogP contribution in [0.5, 0.6) is 0 Å². The molecule has 0 spiro atoms. The van der Waals surface area contributed by atoms with E-state index in [9.17, 15) is 4.79 Å². The molecule has 0 aliphatic carbocycles. The molecule has 1 N–H and O–H groups in total. The van der Waals surface area contributed by atoms with Gasteiger partial charge in [0.15, 0.2) is 5.78 Å². The van der Waals surface area contributed by atoms with E-state index in [1.54, 1.807) is 24.3 Å². The molecule has 0 bridgehead atoms. The Morgan fingerprint density at radius 3 is 2.90 bits per heavy atom. The second-order valence-electron chi connectivity index (χ2n) is 1.86. The molecule has 51 valence electrons. The highest BCUT2D eigenvalue weighted by atomic mass is 16.3. The second kappa shape index (κ2) is 3.13. The van der Waals surface area contributed by atoms with Gasteiger partial charge < -0.3 is 5.11 Å². The summed E-state index contributed by atoms with van der Waals surface area (Å²) in [6.07, 6.45) is 0. The number of Topliss-reactive ketones (excluding diaryl/α,β-unsaturated/α-hetero) is 1. The fraction of sp³-hybridized carbons (Fsp3) is 0.125. The van der Waals surface area contributed by atoms with Crippen LogP contribution >= 0.6 is 0 Å². The van der Waals surface area contributed by atoms with Crippen LogP contribution in [0.3, 0.4) is 0 Å². The van der Waals surface area contributed by atoms with Crippen LogP contribution in [0, 0.1) is 6.07 Å². The minimum atomic E-state index is -0.444. The number of hydrogen-bond acceptors (Lipinski definition) is 2. The van der Waals surface area contributed by atoms with Crippen molar-refractivity contribution in [3.05, 3.63) is 35.9 Å². The van der Waals surface area contributed by atoms with Gasteiger partial charge in [-0.25, -0.2) is 0 Å². The zero-order valence-corrected chi connectivity index (χ0v) is 5.37. The third-order valence-electron chi connectivity index (χ3n) is 1.15. The van der Waals surface area contributed by atoms with Gasteiger partial charge in [0, 0.05) is 5.56 Å². The highest BCUT2D eigenvalue weighted by Gasteiger charge is 2.00. The van der Waals surface area contributed by atoms with Gasteiger partial charge in [-0.1, -0.05) is 24.3 Å². The summed E-state index contributed by atoms with van der Waals surface area (Å²) in [4.78, 5) is 10.7. The number of rotatable bonds is 2. The van der Waals surface area contributed by atoms with E-state index < -0.39 is 6.61 Å². The van der Waals surface area contributed by atoms with E-state index >= 15 is 0 Å². The van der Waals surface area contributed by atoms with Crippen molar-refractivity contribution in [1.29, 1.82) is 0 Å². The van der Waals surface area contributed by atoms with E-state index in [0.717, 1.165) is 0 Å². The molecule has 0 heterocycles. The van der Waals surface area contributed by atoms with Gasteiger partial charge >= 0.3 is 0 Å². The molecule has 1 aromatic carbocycles. The molecule has 1 aromatic rings. The van der Waals surface area contributed by atoms with Crippen LogP contribution in [-0.4, -0.2) is 17.5 Å². The second-order valence-corrected chi connectivity index (χ2v) is 1.86. The molecule has 2 heteroatoms. The summed E-state index contributed by atoms with van der Waals surface area (Å²) in [6, 6.07) is 9.48. The first-order valence-electron chi connectivity index (χ1n) is 2.95. The molecule has 10 heavy (non-hydrogen) atoms. The Labute approximate surface area is 59.1 Å². The molecule has 2 nitrogen and oxygen atoms in total. The van der Waals surface area contributed by atoms with Gasteiger partial charge in [0.05, 0.1) is 0 Å². The summed E-state index contributed by atoms with van der Waals surface area (Å²) in [5.41, 5.74) is 0.435. The van der Waals surface area contributed by atoms with E-state index in [4.69, 9.17) is 5.11 Å². The first-order valence-corrected chi connectivity index (χ1v) is 2.95. The number of carbonyl (C=O) groups is 1. The van der Waals surface area contributed by atoms with Gasteiger partial charge in [-0.05, 0) is 6.07 Å². The number of hydrogen-bond donors (Lipinski definition) is 1. The van der Waals surface area contributed by atoms with E-state index in [0.29, 0.717) is 5.56 Å². The molecule has 0 saturated carbocycles. The van der Waals surface area contributed by atoms with Crippen LogP contribution in [0.1, 0.15) is 10.4 Å². The molecule has 0 aliphatic rings. The Morgan fingerprint density at radius 2 is 2.40 bits per heavy atom. The van der Waals surface area contributed by atoms with Crippen LogP contribution in [0.2, 0.25) is 0 Å². The fourth-order valence-electron chi connectivity index (χ4n) is 0.652. The molecule has 1 radical (unpaired) electrons. The molecule has 0 saturated heterocycles. The van der Waals surface area contributed by atoms with Crippen molar-refractivity contribution in [3.8, 4) is 0 Å². The van der Waals surface area contributed by atoms with Gasteiger partial charge in [0.1, 0.15) is 6.61 Å². The summed E-state index contributed by atoms with van der Waals surface area (Å²) >= 11 is 0. The standard InChI is InChI=1S/C8H7O2/c9-6-8(10)7-4-2-1-3-5-7/h1-4,9H,6H2. The first kappa shape index (κ1) is 6.96. The van der Waals surface area contributed by atoms with Crippen molar-refractivity contribution in [3.63, 3.8) is 0 Å². The summed E-state index contributed by atoms with van der Waals surface area (Å²) in [7, 11) is 0. The van der Waals surface area contributed by atoms with Gasteiger partial charge in [0.2, 0.25) is 0 Å². The lowest BCUT2D eigenvalue weighted by atomic mass is 10.1. The predicted molar refractivity (Wildman–Crippen MR) is 36.7 cm³/mol. The highest BCUT2D eigenvalue weighted by Crippen LogP contribution is 1.96. The number of benzene rings is 1. The highest BCUT2D eigenvalue weighted by molar-refractivity contribution is 5.96. The van der Waals surface area contributed by atoms with Crippen LogP contribution in [0.15, 0.2) is 24.3 Å². The van der Waals surface area contributed by atoms with Gasteiger partial charge in [0.25, 0.3) is 0 Å². The maximum Gasteiger partial charge on any atom is 0.188 e. The Morgan fingerprint density at radius 1 is 1.60 bits per heavy atom. The van der Waals surface area contributed by atoms with Crippen molar-refractivity contribution in [2.75, 3.05) is 6.61 Å². The summed E-state index contributed by atoms with van der Waals surface area (Å²) in [5.74, 6) is -0.291. The molecule has 0 aromatic heterocycles. The molecule has 0 atom stereocenters. The average Bonchev–Trinajstić information content (AvgIpc) is 2.05. The smallest absolute Gasteiger partial charge is 0.188 e. The van der Waals surface area contributed by atoms with Crippen LogP contribution in [0.25, 0.3) is 0 Å².